The molecule has 3 atom stereocenters. The molecule has 2 rings (SSSR count). The van der Waals surface area contributed by atoms with Gasteiger partial charge in [0.05, 0.1) is 17.8 Å². The van der Waals surface area contributed by atoms with Crippen LogP contribution in [0.4, 0.5) is 13.2 Å². The second kappa shape index (κ2) is 5.70. The third kappa shape index (κ3) is 3.37. The maximum Gasteiger partial charge on any atom is 0.471 e. The molecule has 0 radical (unpaired) electrons. The van der Waals surface area contributed by atoms with E-state index in [2.05, 4.69) is 0 Å². The van der Waals surface area contributed by atoms with E-state index in [0.29, 0.717) is 0 Å². The van der Waals surface area contributed by atoms with Gasteiger partial charge in [-0.25, -0.2) is 0 Å². The summed E-state index contributed by atoms with van der Waals surface area (Å²) in [6.07, 6.45) is -4.95. The van der Waals surface area contributed by atoms with Gasteiger partial charge in [0.25, 0.3) is 0 Å². The zero-order valence-corrected chi connectivity index (χ0v) is 11.5. The highest BCUT2D eigenvalue weighted by atomic mass is 19.4. The minimum atomic E-state index is -5.03. The number of carbonyl (C=O) groups is 4. The van der Waals surface area contributed by atoms with Gasteiger partial charge in [-0.05, 0) is 6.42 Å². The lowest BCUT2D eigenvalue weighted by Gasteiger charge is -2.17. The summed E-state index contributed by atoms with van der Waals surface area (Å²) in [6, 6.07) is -0.904. The van der Waals surface area contributed by atoms with Gasteiger partial charge < -0.3 is 20.4 Å². The van der Waals surface area contributed by atoms with Crippen molar-refractivity contribution in [3.05, 3.63) is 0 Å². The van der Waals surface area contributed by atoms with Gasteiger partial charge >= 0.3 is 24.0 Å². The SMILES string of the molecule is O=C(O)C1C(C(=O)O)C1C(=O)N1CCC(NC(=O)C(F)(F)F)C1. The molecule has 23 heavy (non-hydrogen) atoms. The molecule has 1 aliphatic carbocycles. The van der Waals surface area contributed by atoms with Gasteiger partial charge in [0, 0.05) is 19.1 Å². The van der Waals surface area contributed by atoms with Crippen LogP contribution in [0.2, 0.25) is 0 Å². The van der Waals surface area contributed by atoms with E-state index >= 15 is 0 Å². The van der Waals surface area contributed by atoms with Crippen LogP contribution in [0.15, 0.2) is 0 Å². The lowest BCUT2D eigenvalue weighted by molar-refractivity contribution is -0.174. The molecule has 0 bridgehead atoms. The van der Waals surface area contributed by atoms with Crippen molar-refractivity contribution in [3.63, 3.8) is 0 Å². The number of amides is 2. The number of likely N-dealkylation sites (tertiary alicyclic amines) is 1. The van der Waals surface area contributed by atoms with Crippen molar-refractivity contribution in [2.24, 2.45) is 17.8 Å². The Labute approximate surface area is 127 Å². The van der Waals surface area contributed by atoms with E-state index in [-0.39, 0.29) is 19.5 Å². The minimum Gasteiger partial charge on any atom is -0.481 e. The highest BCUT2D eigenvalue weighted by Gasteiger charge is 2.64. The number of rotatable bonds is 4. The Balaban J connectivity index is 1.94. The molecule has 1 aliphatic heterocycles. The Bertz CT molecular complexity index is 543. The number of alkyl halides is 3. The third-order valence-corrected chi connectivity index (χ3v) is 3.97. The van der Waals surface area contributed by atoms with Gasteiger partial charge in [-0.15, -0.1) is 0 Å². The molecule has 3 unspecified atom stereocenters. The molecule has 1 saturated carbocycles. The van der Waals surface area contributed by atoms with Crippen LogP contribution in [0.25, 0.3) is 0 Å². The average molecular weight is 338 g/mol. The van der Waals surface area contributed by atoms with Crippen molar-refractivity contribution >= 4 is 23.8 Å². The van der Waals surface area contributed by atoms with Crippen LogP contribution < -0.4 is 5.32 Å². The normalized spacial score (nSPS) is 30.0. The van der Waals surface area contributed by atoms with E-state index < -0.39 is 53.7 Å². The number of nitrogens with zero attached hydrogens (tertiary/aromatic N) is 1. The zero-order valence-electron chi connectivity index (χ0n) is 11.5. The summed E-state index contributed by atoms with van der Waals surface area (Å²) in [4.78, 5) is 45.9. The molecule has 0 aromatic carbocycles. The van der Waals surface area contributed by atoms with E-state index in [1.807, 2.05) is 0 Å². The first-order valence-electron chi connectivity index (χ1n) is 6.66. The Hall–Kier alpha value is -2.33. The van der Waals surface area contributed by atoms with Crippen molar-refractivity contribution in [1.29, 1.82) is 0 Å². The van der Waals surface area contributed by atoms with Crippen molar-refractivity contribution in [2.45, 2.75) is 18.6 Å². The Morgan fingerprint density at radius 3 is 1.96 bits per heavy atom. The largest absolute Gasteiger partial charge is 0.481 e. The van der Waals surface area contributed by atoms with E-state index in [0.717, 1.165) is 4.90 Å². The fraction of sp³-hybridized carbons (Fsp3) is 0.667. The fourth-order valence-corrected chi connectivity index (χ4v) is 2.79. The number of halogens is 3. The summed E-state index contributed by atoms with van der Waals surface area (Å²) >= 11 is 0. The molecular formula is C12H13F3N2O6. The Morgan fingerprint density at radius 2 is 1.52 bits per heavy atom. The number of carboxylic acids is 2. The summed E-state index contributed by atoms with van der Waals surface area (Å²) in [5.41, 5.74) is 0. The van der Waals surface area contributed by atoms with E-state index in [9.17, 15) is 32.3 Å². The highest BCUT2D eigenvalue weighted by Crippen LogP contribution is 2.48. The van der Waals surface area contributed by atoms with Crippen LogP contribution in [0.1, 0.15) is 6.42 Å². The molecule has 0 aromatic rings. The van der Waals surface area contributed by atoms with Gasteiger partial charge in [-0.3, -0.25) is 19.2 Å². The van der Waals surface area contributed by atoms with E-state index in [1.54, 1.807) is 5.32 Å². The molecule has 2 fully saturated rings. The van der Waals surface area contributed by atoms with Crippen LogP contribution in [-0.2, 0) is 19.2 Å². The first-order chi connectivity index (χ1) is 10.5. The monoisotopic (exact) mass is 338 g/mol. The first-order valence-corrected chi connectivity index (χ1v) is 6.66. The molecule has 0 spiro atoms. The Kier molecular flexibility index (Phi) is 4.22. The predicted octanol–water partition coefficient (Wildman–Crippen LogP) is -0.703. The maximum atomic E-state index is 12.2. The molecule has 2 aliphatic rings. The number of carbonyl (C=O) groups excluding carboxylic acids is 2. The summed E-state index contributed by atoms with van der Waals surface area (Å²) in [5.74, 6) is -9.54. The second-order valence-corrected chi connectivity index (χ2v) is 5.49. The lowest BCUT2D eigenvalue weighted by Crippen LogP contribution is -2.45. The van der Waals surface area contributed by atoms with Crippen LogP contribution in [-0.4, -0.2) is 64.2 Å². The van der Waals surface area contributed by atoms with Crippen molar-refractivity contribution < 1.29 is 42.6 Å². The second-order valence-electron chi connectivity index (χ2n) is 5.49. The quantitative estimate of drug-likeness (QED) is 0.622. The van der Waals surface area contributed by atoms with Crippen molar-refractivity contribution in [3.8, 4) is 0 Å². The molecule has 8 nitrogen and oxygen atoms in total. The molecule has 1 heterocycles. The number of hydrogen-bond donors (Lipinski definition) is 3. The highest BCUT2D eigenvalue weighted by molar-refractivity contribution is 5.98. The van der Waals surface area contributed by atoms with Gasteiger partial charge in [-0.1, -0.05) is 0 Å². The van der Waals surface area contributed by atoms with E-state index in [4.69, 9.17) is 10.2 Å². The fourth-order valence-electron chi connectivity index (χ4n) is 2.79. The Morgan fingerprint density at radius 1 is 1.00 bits per heavy atom. The van der Waals surface area contributed by atoms with Gasteiger partial charge in [0.2, 0.25) is 5.91 Å². The minimum absolute atomic E-state index is 0.0246. The van der Waals surface area contributed by atoms with Crippen LogP contribution >= 0.6 is 0 Å². The van der Waals surface area contributed by atoms with E-state index in [1.165, 1.54) is 0 Å². The summed E-state index contributed by atoms with van der Waals surface area (Å²) < 4.78 is 36.5. The molecule has 3 N–H and O–H groups in total. The summed E-state index contributed by atoms with van der Waals surface area (Å²) in [5, 5.41) is 19.5. The van der Waals surface area contributed by atoms with Crippen LogP contribution in [0, 0.1) is 17.8 Å². The average Bonchev–Trinajstić information content (AvgIpc) is 3.02. The van der Waals surface area contributed by atoms with Gasteiger partial charge in [-0.2, -0.15) is 13.2 Å². The molecule has 1 saturated heterocycles. The number of hydrogen-bond acceptors (Lipinski definition) is 4. The number of carboxylic acid groups (broad SMARTS) is 2. The topological polar surface area (TPSA) is 124 Å². The maximum absolute atomic E-state index is 12.2. The van der Waals surface area contributed by atoms with Crippen LogP contribution in [0.5, 0.6) is 0 Å². The predicted molar refractivity (Wildman–Crippen MR) is 64.9 cm³/mol. The van der Waals surface area contributed by atoms with Crippen molar-refractivity contribution in [2.75, 3.05) is 13.1 Å². The van der Waals surface area contributed by atoms with Gasteiger partial charge in [0.15, 0.2) is 0 Å². The smallest absolute Gasteiger partial charge is 0.471 e. The zero-order chi connectivity index (χ0) is 17.5. The number of nitrogens with one attached hydrogen (secondary N) is 1. The molecule has 0 aromatic heterocycles. The van der Waals surface area contributed by atoms with Crippen molar-refractivity contribution in [1.82, 2.24) is 10.2 Å². The molecular weight excluding hydrogens is 325 g/mol. The van der Waals surface area contributed by atoms with Gasteiger partial charge in [0.1, 0.15) is 0 Å². The summed E-state index contributed by atoms with van der Waals surface area (Å²) in [7, 11) is 0. The summed E-state index contributed by atoms with van der Waals surface area (Å²) in [6.45, 7) is -0.188. The molecule has 2 amide bonds. The first kappa shape index (κ1) is 17.0. The van der Waals surface area contributed by atoms with Crippen LogP contribution in [0.3, 0.4) is 0 Å². The third-order valence-electron chi connectivity index (χ3n) is 3.97. The lowest BCUT2D eigenvalue weighted by atomic mass is 10.2. The molecule has 128 valence electrons. The standard InChI is InChI=1S/C12H13F3N2O6/c13-12(14,15)11(23)16-4-1-2-17(3-4)8(18)5-6(9(19)20)7(5)10(21)22/h4-7H,1-3H2,(H,16,23)(H,19,20)(H,21,22). The number of aliphatic carboxylic acids is 2. The molecule has 11 heteroatoms.